The lowest BCUT2D eigenvalue weighted by Crippen LogP contribution is -2.52. The van der Waals surface area contributed by atoms with Gasteiger partial charge in [-0.15, -0.1) is 0 Å². The molecule has 1 aromatic rings. The summed E-state index contributed by atoms with van der Waals surface area (Å²) in [5.74, 6) is 5.84. The second kappa shape index (κ2) is 6.98. The molecule has 0 saturated heterocycles. The van der Waals surface area contributed by atoms with Crippen molar-refractivity contribution in [2.45, 2.75) is 31.7 Å². The lowest BCUT2D eigenvalue weighted by Gasteiger charge is -2.31. The molecular weight excluding hydrogens is 315 g/mol. The molecule has 1 fully saturated rings. The van der Waals surface area contributed by atoms with Crippen molar-refractivity contribution in [2.75, 3.05) is 5.32 Å². The monoisotopic (exact) mass is 330 g/mol. The van der Waals surface area contributed by atoms with Crippen LogP contribution in [-0.4, -0.2) is 28.0 Å². The van der Waals surface area contributed by atoms with Gasteiger partial charge >= 0.3 is 6.03 Å². The highest BCUT2D eigenvalue weighted by Gasteiger charge is 2.28. The summed E-state index contributed by atoms with van der Waals surface area (Å²) in [5, 5.41) is 16.7. The maximum atomic E-state index is 12.1. The Morgan fingerprint density at radius 3 is 2.81 bits per heavy atom. The lowest BCUT2D eigenvalue weighted by atomic mass is 9.93. The zero-order valence-electron chi connectivity index (χ0n) is 11.2. The number of oxime groups is 1. The van der Waals surface area contributed by atoms with Crippen molar-refractivity contribution in [3.05, 3.63) is 28.2 Å². The standard InChI is InChI=1S/C13H16Cl2N4O2/c14-9-6-5-8(7-10(9)15)17-13(20)19(16)12-4-2-1-3-11(12)18-21/h5-7,12,21H,1-4,16H2,(H,17,20)/b18-11+. The molecule has 2 amide bonds. The molecule has 1 aromatic carbocycles. The fraction of sp³-hybridized carbons (Fsp3) is 0.385. The number of rotatable bonds is 2. The van der Waals surface area contributed by atoms with Crippen molar-refractivity contribution in [2.24, 2.45) is 11.0 Å². The number of nitrogens with zero attached hydrogens (tertiary/aromatic N) is 2. The van der Waals surface area contributed by atoms with Gasteiger partial charge in [0.1, 0.15) is 0 Å². The van der Waals surface area contributed by atoms with Crippen LogP contribution in [0.4, 0.5) is 10.5 Å². The molecule has 0 spiro atoms. The predicted molar refractivity (Wildman–Crippen MR) is 83.0 cm³/mol. The molecule has 2 rings (SSSR count). The zero-order chi connectivity index (χ0) is 15.4. The smallest absolute Gasteiger partial charge is 0.336 e. The van der Waals surface area contributed by atoms with Crippen molar-refractivity contribution in [1.29, 1.82) is 0 Å². The first-order chi connectivity index (χ1) is 10.0. The molecule has 6 nitrogen and oxygen atoms in total. The maximum Gasteiger partial charge on any atom is 0.336 e. The summed E-state index contributed by atoms with van der Waals surface area (Å²) in [6.45, 7) is 0. The lowest BCUT2D eigenvalue weighted by molar-refractivity contribution is 0.196. The molecule has 4 N–H and O–H groups in total. The molecule has 1 saturated carbocycles. The molecule has 114 valence electrons. The van der Waals surface area contributed by atoms with E-state index in [9.17, 15) is 4.79 Å². The molecule has 0 radical (unpaired) electrons. The Morgan fingerprint density at radius 1 is 1.38 bits per heavy atom. The molecule has 0 heterocycles. The summed E-state index contributed by atoms with van der Waals surface area (Å²) in [7, 11) is 0. The van der Waals surface area contributed by atoms with Crippen LogP contribution in [0.1, 0.15) is 25.7 Å². The first-order valence-electron chi connectivity index (χ1n) is 6.53. The van der Waals surface area contributed by atoms with Crippen molar-refractivity contribution in [3.8, 4) is 0 Å². The number of carbonyl (C=O) groups is 1. The average molecular weight is 331 g/mol. The number of hydrogen-bond donors (Lipinski definition) is 3. The van der Waals surface area contributed by atoms with Crippen molar-refractivity contribution >= 4 is 40.6 Å². The van der Waals surface area contributed by atoms with Gasteiger partial charge in [0, 0.05) is 5.69 Å². The number of halogens is 2. The molecule has 21 heavy (non-hydrogen) atoms. The quantitative estimate of drug-likeness (QED) is 0.335. The Labute approximate surface area is 132 Å². The van der Waals surface area contributed by atoms with Gasteiger partial charge in [0.25, 0.3) is 0 Å². The van der Waals surface area contributed by atoms with Crippen LogP contribution < -0.4 is 11.2 Å². The number of hydrogen-bond acceptors (Lipinski definition) is 4. The van der Waals surface area contributed by atoms with Crippen LogP contribution in [-0.2, 0) is 0 Å². The molecule has 1 aliphatic carbocycles. The van der Waals surface area contributed by atoms with Crippen LogP contribution in [0.15, 0.2) is 23.4 Å². The van der Waals surface area contributed by atoms with Gasteiger partial charge in [-0.25, -0.2) is 10.6 Å². The van der Waals surface area contributed by atoms with Gasteiger partial charge in [-0.05, 0) is 37.5 Å². The normalized spacial score (nSPS) is 20.3. The van der Waals surface area contributed by atoms with Gasteiger partial charge in [-0.3, -0.25) is 5.01 Å². The van der Waals surface area contributed by atoms with Crippen molar-refractivity contribution in [3.63, 3.8) is 0 Å². The predicted octanol–water partition coefficient (Wildman–Crippen LogP) is 3.47. The van der Waals surface area contributed by atoms with Gasteiger partial charge in [0.2, 0.25) is 0 Å². The Balaban J connectivity index is 2.06. The van der Waals surface area contributed by atoms with E-state index in [1.807, 2.05) is 0 Å². The largest absolute Gasteiger partial charge is 0.411 e. The Bertz CT molecular complexity index is 565. The highest BCUT2D eigenvalue weighted by molar-refractivity contribution is 6.42. The van der Waals surface area contributed by atoms with Crippen LogP contribution >= 0.6 is 23.2 Å². The third kappa shape index (κ3) is 3.78. The SMILES string of the molecule is NN(C(=O)Nc1ccc(Cl)c(Cl)c1)C1CCCC/C1=N\O. The van der Waals surface area contributed by atoms with Gasteiger partial charge in [-0.1, -0.05) is 34.8 Å². The van der Waals surface area contributed by atoms with Crippen LogP contribution in [0.25, 0.3) is 0 Å². The number of carbonyl (C=O) groups excluding carboxylic acids is 1. The van der Waals surface area contributed by atoms with E-state index in [2.05, 4.69) is 10.5 Å². The van der Waals surface area contributed by atoms with Crippen LogP contribution in [0, 0.1) is 0 Å². The van der Waals surface area contributed by atoms with Crippen molar-refractivity contribution < 1.29 is 10.0 Å². The third-order valence-corrected chi connectivity index (χ3v) is 4.15. The van der Waals surface area contributed by atoms with E-state index in [0.29, 0.717) is 34.3 Å². The molecule has 8 heteroatoms. The molecule has 0 bridgehead atoms. The number of nitrogens with two attached hydrogens (primary N) is 1. The van der Waals surface area contributed by atoms with Crippen LogP contribution in [0.3, 0.4) is 0 Å². The fourth-order valence-corrected chi connectivity index (χ4v) is 2.59. The highest BCUT2D eigenvalue weighted by atomic mass is 35.5. The Kier molecular flexibility index (Phi) is 5.27. The number of urea groups is 1. The van der Waals surface area contributed by atoms with E-state index in [1.165, 1.54) is 6.07 Å². The zero-order valence-corrected chi connectivity index (χ0v) is 12.7. The van der Waals surface area contributed by atoms with Crippen molar-refractivity contribution in [1.82, 2.24) is 5.01 Å². The van der Waals surface area contributed by atoms with E-state index >= 15 is 0 Å². The number of hydrazine groups is 1. The second-order valence-electron chi connectivity index (χ2n) is 4.82. The summed E-state index contributed by atoms with van der Waals surface area (Å²) in [5.41, 5.74) is 1.01. The Morgan fingerprint density at radius 2 is 2.14 bits per heavy atom. The van der Waals surface area contributed by atoms with Crippen LogP contribution in [0.5, 0.6) is 0 Å². The fourth-order valence-electron chi connectivity index (χ4n) is 2.30. The van der Waals surface area contributed by atoms with Gasteiger partial charge < -0.3 is 10.5 Å². The van der Waals surface area contributed by atoms with E-state index in [0.717, 1.165) is 17.9 Å². The first-order valence-corrected chi connectivity index (χ1v) is 7.29. The molecular formula is C13H16Cl2N4O2. The molecule has 1 unspecified atom stereocenters. The first kappa shape index (κ1) is 15.9. The van der Waals surface area contributed by atoms with E-state index in [1.54, 1.807) is 12.1 Å². The molecule has 0 aromatic heterocycles. The summed E-state index contributed by atoms with van der Waals surface area (Å²) in [4.78, 5) is 12.1. The molecule has 1 aliphatic rings. The van der Waals surface area contributed by atoms with E-state index in [-0.39, 0.29) is 0 Å². The minimum absolute atomic E-state index is 0.341. The number of amides is 2. The second-order valence-corrected chi connectivity index (χ2v) is 5.63. The number of anilines is 1. The number of benzene rings is 1. The summed E-state index contributed by atoms with van der Waals surface area (Å²) >= 11 is 11.7. The molecule has 0 aliphatic heterocycles. The van der Waals surface area contributed by atoms with E-state index < -0.39 is 12.1 Å². The topological polar surface area (TPSA) is 91.0 Å². The molecule has 1 atom stereocenters. The minimum atomic E-state index is -0.499. The van der Waals surface area contributed by atoms with E-state index in [4.69, 9.17) is 34.3 Å². The average Bonchev–Trinajstić information content (AvgIpc) is 2.50. The Hall–Kier alpha value is -1.50. The van der Waals surface area contributed by atoms with Gasteiger partial charge in [-0.2, -0.15) is 0 Å². The van der Waals surface area contributed by atoms with Gasteiger partial charge in [0.15, 0.2) is 0 Å². The summed E-state index contributed by atoms with van der Waals surface area (Å²) in [6.07, 6.45) is 3.16. The summed E-state index contributed by atoms with van der Waals surface area (Å²) < 4.78 is 0. The van der Waals surface area contributed by atoms with Crippen LogP contribution in [0.2, 0.25) is 10.0 Å². The number of nitrogens with one attached hydrogen (secondary N) is 1. The minimum Gasteiger partial charge on any atom is -0.411 e. The maximum absolute atomic E-state index is 12.1. The van der Waals surface area contributed by atoms with Gasteiger partial charge in [0.05, 0.1) is 21.8 Å². The summed E-state index contributed by atoms with van der Waals surface area (Å²) in [6, 6.07) is 3.86. The highest BCUT2D eigenvalue weighted by Crippen LogP contribution is 2.25. The third-order valence-electron chi connectivity index (χ3n) is 3.41.